The predicted molar refractivity (Wildman–Crippen MR) is 88.0 cm³/mol. The van der Waals surface area contributed by atoms with E-state index in [2.05, 4.69) is 13.8 Å². The van der Waals surface area contributed by atoms with E-state index in [-0.39, 0.29) is 11.9 Å². The molecule has 1 aromatic carbocycles. The Morgan fingerprint density at radius 2 is 1.68 bits per heavy atom. The number of unbranched alkanes of at least 4 members (excludes halogenated alkanes) is 6. The van der Waals surface area contributed by atoms with E-state index in [1.165, 1.54) is 44.9 Å². The molecule has 1 aliphatic heterocycles. The molecule has 0 radical (unpaired) electrons. The average molecular weight is 304 g/mol. The fourth-order valence-corrected chi connectivity index (χ4v) is 2.85. The van der Waals surface area contributed by atoms with Gasteiger partial charge in [-0.15, -0.1) is 0 Å². The number of ether oxygens (including phenoxy) is 2. The first-order valence-corrected chi connectivity index (χ1v) is 8.69. The fraction of sp³-hybridized carbons (Fsp3) is 0.632. The number of carbonyl (C=O) groups excluding carboxylic acids is 1. The van der Waals surface area contributed by atoms with Crippen LogP contribution in [0, 0.1) is 5.92 Å². The number of fused-ring (bicyclic) bond motifs is 1. The van der Waals surface area contributed by atoms with Crippen molar-refractivity contribution in [3.8, 4) is 5.75 Å². The van der Waals surface area contributed by atoms with Crippen LogP contribution in [0.1, 0.15) is 75.6 Å². The number of para-hydroxylation sites is 1. The van der Waals surface area contributed by atoms with Gasteiger partial charge in [0, 0.05) is 5.92 Å². The molecule has 3 nitrogen and oxygen atoms in total. The van der Waals surface area contributed by atoms with Crippen molar-refractivity contribution < 1.29 is 14.3 Å². The van der Waals surface area contributed by atoms with Crippen LogP contribution in [-0.4, -0.2) is 12.3 Å². The lowest BCUT2D eigenvalue weighted by molar-refractivity contribution is -0.0896. The predicted octanol–water partition coefficient (Wildman–Crippen LogP) is 5.34. The molecule has 22 heavy (non-hydrogen) atoms. The molecule has 1 aliphatic rings. The third kappa shape index (κ3) is 4.75. The lowest BCUT2D eigenvalue weighted by Gasteiger charge is -2.29. The highest BCUT2D eigenvalue weighted by atomic mass is 16.7. The second-order valence-corrected chi connectivity index (χ2v) is 6.27. The molecular weight excluding hydrogens is 276 g/mol. The molecule has 2 atom stereocenters. The summed E-state index contributed by atoms with van der Waals surface area (Å²) in [6, 6.07) is 7.29. The Morgan fingerprint density at radius 3 is 2.45 bits per heavy atom. The number of benzene rings is 1. The largest absolute Gasteiger partial charge is 0.454 e. The van der Waals surface area contributed by atoms with Gasteiger partial charge in [-0.25, -0.2) is 4.79 Å². The molecule has 0 N–H and O–H groups in total. The van der Waals surface area contributed by atoms with Gasteiger partial charge in [-0.05, 0) is 18.6 Å². The van der Waals surface area contributed by atoms with E-state index >= 15 is 0 Å². The number of hydrogen-bond acceptors (Lipinski definition) is 3. The summed E-state index contributed by atoms with van der Waals surface area (Å²) in [6.45, 7) is 4.34. The first-order chi connectivity index (χ1) is 10.7. The first kappa shape index (κ1) is 16.9. The van der Waals surface area contributed by atoms with E-state index < -0.39 is 6.29 Å². The Balaban J connectivity index is 1.70. The van der Waals surface area contributed by atoms with E-state index in [4.69, 9.17) is 9.47 Å². The fourth-order valence-electron chi connectivity index (χ4n) is 2.85. The number of hydrogen-bond donors (Lipinski definition) is 0. The maximum atomic E-state index is 12.0. The van der Waals surface area contributed by atoms with Gasteiger partial charge in [0.05, 0.1) is 0 Å². The van der Waals surface area contributed by atoms with Crippen molar-refractivity contribution in [3.63, 3.8) is 0 Å². The van der Waals surface area contributed by atoms with Crippen LogP contribution < -0.4 is 4.74 Å². The van der Waals surface area contributed by atoms with Crippen LogP contribution in [0.15, 0.2) is 24.3 Å². The SMILES string of the molecule is CCCCCCCCCC(C)C1OC(=O)c2ccccc2O1. The Morgan fingerprint density at radius 1 is 1.00 bits per heavy atom. The quantitative estimate of drug-likeness (QED) is 0.456. The molecule has 0 bridgehead atoms. The molecular formula is C19H28O3. The van der Waals surface area contributed by atoms with Gasteiger partial charge in [-0.1, -0.05) is 70.9 Å². The highest BCUT2D eigenvalue weighted by molar-refractivity contribution is 5.93. The van der Waals surface area contributed by atoms with Gasteiger partial charge >= 0.3 is 5.97 Å². The minimum absolute atomic E-state index is 0.230. The molecule has 0 amide bonds. The van der Waals surface area contributed by atoms with Gasteiger partial charge in [0.15, 0.2) is 0 Å². The van der Waals surface area contributed by atoms with Crippen LogP contribution in [0.5, 0.6) is 5.75 Å². The zero-order valence-corrected chi connectivity index (χ0v) is 13.8. The maximum Gasteiger partial charge on any atom is 0.345 e. The molecule has 0 aliphatic carbocycles. The van der Waals surface area contributed by atoms with E-state index in [0.717, 1.165) is 6.42 Å². The Kier molecular flexibility index (Phi) is 6.75. The van der Waals surface area contributed by atoms with Gasteiger partial charge in [-0.2, -0.15) is 0 Å². The summed E-state index contributed by atoms with van der Waals surface area (Å²) in [5.41, 5.74) is 0.530. The van der Waals surface area contributed by atoms with Crippen molar-refractivity contribution in [1.29, 1.82) is 0 Å². The second-order valence-electron chi connectivity index (χ2n) is 6.27. The van der Waals surface area contributed by atoms with Crippen LogP contribution >= 0.6 is 0 Å². The van der Waals surface area contributed by atoms with Crippen molar-refractivity contribution in [1.82, 2.24) is 0 Å². The zero-order valence-electron chi connectivity index (χ0n) is 13.8. The zero-order chi connectivity index (χ0) is 15.8. The molecule has 1 aromatic rings. The lowest BCUT2D eigenvalue weighted by Crippen LogP contribution is -2.35. The van der Waals surface area contributed by atoms with Crippen molar-refractivity contribution in [2.24, 2.45) is 5.92 Å². The minimum Gasteiger partial charge on any atom is -0.454 e. The van der Waals surface area contributed by atoms with Crippen LogP contribution in [0.3, 0.4) is 0 Å². The highest BCUT2D eigenvalue weighted by Crippen LogP contribution is 2.29. The second kappa shape index (κ2) is 8.82. The third-order valence-electron chi connectivity index (χ3n) is 4.30. The highest BCUT2D eigenvalue weighted by Gasteiger charge is 2.30. The molecule has 0 aromatic heterocycles. The van der Waals surface area contributed by atoms with Gasteiger partial charge < -0.3 is 9.47 Å². The average Bonchev–Trinajstić information content (AvgIpc) is 2.54. The van der Waals surface area contributed by atoms with Gasteiger partial charge in [0.25, 0.3) is 0 Å². The summed E-state index contributed by atoms with van der Waals surface area (Å²) in [6.07, 6.45) is 9.66. The Hall–Kier alpha value is -1.51. The molecule has 0 fully saturated rings. The Bertz CT molecular complexity index is 470. The molecule has 122 valence electrons. The van der Waals surface area contributed by atoms with Gasteiger partial charge in [0.2, 0.25) is 6.29 Å². The van der Waals surface area contributed by atoms with Crippen LogP contribution in [0.2, 0.25) is 0 Å². The van der Waals surface area contributed by atoms with Crippen LogP contribution in [0.4, 0.5) is 0 Å². The molecule has 2 unspecified atom stereocenters. The number of esters is 1. The molecule has 3 heteroatoms. The third-order valence-corrected chi connectivity index (χ3v) is 4.30. The summed E-state index contributed by atoms with van der Waals surface area (Å²) < 4.78 is 11.3. The molecule has 1 heterocycles. The van der Waals surface area contributed by atoms with Crippen molar-refractivity contribution in [2.45, 2.75) is 71.5 Å². The lowest BCUT2D eigenvalue weighted by atomic mass is 10.0. The van der Waals surface area contributed by atoms with Crippen molar-refractivity contribution in [3.05, 3.63) is 29.8 Å². The number of rotatable bonds is 9. The smallest absolute Gasteiger partial charge is 0.345 e. The number of cyclic esters (lactones) is 1. The normalized spacial score (nSPS) is 18.3. The molecule has 2 rings (SSSR count). The molecule has 0 saturated heterocycles. The van der Waals surface area contributed by atoms with E-state index in [1.807, 2.05) is 18.2 Å². The van der Waals surface area contributed by atoms with Crippen LogP contribution in [0.25, 0.3) is 0 Å². The summed E-state index contributed by atoms with van der Waals surface area (Å²) >= 11 is 0. The minimum atomic E-state index is -0.442. The monoisotopic (exact) mass is 304 g/mol. The van der Waals surface area contributed by atoms with Gasteiger partial charge in [-0.3, -0.25) is 0 Å². The standard InChI is InChI=1S/C19H28O3/c1-3-4-5-6-7-8-9-12-15(2)19-21-17-14-11-10-13-16(17)18(20)22-19/h10-11,13-15,19H,3-9,12H2,1-2H3. The number of carbonyl (C=O) groups is 1. The van der Waals surface area contributed by atoms with Gasteiger partial charge in [0.1, 0.15) is 11.3 Å². The Labute approximate surface area is 134 Å². The topological polar surface area (TPSA) is 35.5 Å². The summed E-state index contributed by atoms with van der Waals surface area (Å²) in [5, 5.41) is 0. The van der Waals surface area contributed by atoms with E-state index in [9.17, 15) is 4.79 Å². The molecule has 0 spiro atoms. The van der Waals surface area contributed by atoms with E-state index in [0.29, 0.717) is 11.3 Å². The first-order valence-electron chi connectivity index (χ1n) is 8.69. The summed E-state index contributed by atoms with van der Waals surface area (Å²) in [4.78, 5) is 12.0. The summed E-state index contributed by atoms with van der Waals surface area (Å²) in [5.74, 6) is 0.612. The van der Waals surface area contributed by atoms with Crippen molar-refractivity contribution in [2.75, 3.05) is 0 Å². The van der Waals surface area contributed by atoms with Crippen LogP contribution in [-0.2, 0) is 4.74 Å². The van der Waals surface area contributed by atoms with Crippen molar-refractivity contribution >= 4 is 5.97 Å². The molecule has 0 saturated carbocycles. The summed E-state index contributed by atoms with van der Waals surface area (Å²) in [7, 11) is 0. The van der Waals surface area contributed by atoms with E-state index in [1.54, 1.807) is 6.07 Å². The maximum absolute atomic E-state index is 12.0.